The van der Waals surface area contributed by atoms with E-state index in [2.05, 4.69) is 37.5 Å². The first-order valence-electron chi connectivity index (χ1n) is 3.84. The van der Waals surface area contributed by atoms with Gasteiger partial charge in [0, 0.05) is 6.92 Å². The third kappa shape index (κ3) is 1.85. The van der Waals surface area contributed by atoms with Crippen molar-refractivity contribution >= 4 is 39.7 Å². The summed E-state index contributed by atoms with van der Waals surface area (Å²) >= 11 is 3.73. The number of Topliss-reactive ketones (excluding diaryl/α,β-unsaturated/α-hetero) is 1. The number of hydrogen-bond acceptors (Lipinski definition) is 4. The van der Waals surface area contributed by atoms with E-state index in [1.165, 1.54) is 24.5 Å². The van der Waals surface area contributed by atoms with Crippen LogP contribution >= 0.6 is 33.9 Å². The first kappa shape index (κ1) is 9.78. The van der Waals surface area contributed by atoms with Crippen molar-refractivity contribution in [1.82, 2.24) is 15.0 Å². The molecule has 14 heavy (non-hydrogen) atoms. The number of imidazole rings is 1. The second-order valence-electron chi connectivity index (χ2n) is 2.67. The molecule has 2 aromatic rings. The van der Waals surface area contributed by atoms with E-state index in [1.807, 2.05) is 0 Å². The van der Waals surface area contributed by atoms with Crippen LogP contribution in [0.1, 0.15) is 17.4 Å². The van der Waals surface area contributed by atoms with Crippen LogP contribution in [0.15, 0.2) is 12.4 Å². The lowest BCUT2D eigenvalue weighted by atomic mass is 10.3. The Morgan fingerprint density at radius 3 is 2.79 bits per heavy atom. The number of carbonyl (C=O) groups excluding carboxylic acids is 1. The maximum Gasteiger partial charge on any atom is 0.177 e. The Bertz CT molecular complexity index is 476. The number of aromatic nitrogens is 3. The topological polar surface area (TPSA) is 58.6 Å². The van der Waals surface area contributed by atoms with Gasteiger partial charge in [0.2, 0.25) is 0 Å². The summed E-state index contributed by atoms with van der Waals surface area (Å²) in [5.74, 6) is 0.637. The highest BCUT2D eigenvalue weighted by molar-refractivity contribution is 14.1. The monoisotopic (exact) mass is 319 g/mol. The van der Waals surface area contributed by atoms with Crippen LogP contribution in [0.5, 0.6) is 0 Å². The molecule has 0 aliphatic carbocycles. The summed E-state index contributed by atoms with van der Waals surface area (Å²) < 4.78 is 1.10. The van der Waals surface area contributed by atoms with Gasteiger partial charge in [0.05, 0.1) is 15.3 Å². The predicted octanol–water partition coefficient (Wildman–Crippen LogP) is 2.34. The summed E-state index contributed by atoms with van der Waals surface area (Å²) in [6.07, 6.45) is 3.31. The maximum absolute atomic E-state index is 11.0. The van der Waals surface area contributed by atoms with Crippen LogP contribution in [0.3, 0.4) is 0 Å². The second-order valence-corrected chi connectivity index (χ2v) is 5.60. The summed E-state index contributed by atoms with van der Waals surface area (Å²) in [5.41, 5.74) is 0.519. The van der Waals surface area contributed by atoms with E-state index in [0.29, 0.717) is 11.5 Å². The van der Waals surface area contributed by atoms with Gasteiger partial charge in [-0.05, 0) is 22.6 Å². The molecule has 0 amide bonds. The molecule has 0 saturated carbocycles. The van der Waals surface area contributed by atoms with Gasteiger partial charge >= 0.3 is 0 Å². The normalized spacial score (nSPS) is 10.4. The van der Waals surface area contributed by atoms with E-state index >= 15 is 0 Å². The van der Waals surface area contributed by atoms with Gasteiger partial charge in [-0.25, -0.2) is 9.97 Å². The lowest BCUT2D eigenvalue weighted by molar-refractivity contribution is 0.101. The highest BCUT2D eigenvalue weighted by Crippen LogP contribution is 2.23. The summed E-state index contributed by atoms with van der Waals surface area (Å²) in [6, 6.07) is 0. The highest BCUT2D eigenvalue weighted by Gasteiger charge is 2.09. The number of thiazole rings is 1. The number of carbonyl (C=O) groups is 1. The van der Waals surface area contributed by atoms with Crippen molar-refractivity contribution in [3.05, 3.63) is 21.0 Å². The Balaban J connectivity index is 2.38. The average Bonchev–Trinajstić information content (AvgIpc) is 2.70. The molecule has 0 unspecified atom stereocenters. The van der Waals surface area contributed by atoms with Gasteiger partial charge in [0.1, 0.15) is 5.69 Å². The Kier molecular flexibility index (Phi) is 2.64. The Morgan fingerprint density at radius 2 is 2.29 bits per heavy atom. The van der Waals surface area contributed by atoms with E-state index < -0.39 is 0 Å². The minimum absolute atomic E-state index is 0.0185. The summed E-state index contributed by atoms with van der Waals surface area (Å²) in [6.45, 7) is 1.50. The molecular weight excluding hydrogens is 313 g/mol. The van der Waals surface area contributed by atoms with Crippen LogP contribution in [0.4, 0.5) is 0 Å². The summed E-state index contributed by atoms with van der Waals surface area (Å²) in [5, 5.41) is 0.807. The average molecular weight is 319 g/mol. The summed E-state index contributed by atoms with van der Waals surface area (Å²) in [7, 11) is 0. The molecule has 0 radical (unpaired) electrons. The smallest absolute Gasteiger partial charge is 0.177 e. The van der Waals surface area contributed by atoms with Crippen molar-refractivity contribution in [2.45, 2.75) is 6.92 Å². The predicted molar refractivity (Wildman–Crippen MR) is 62.4 cm³/mol. The zero-order chi connectivity index (χ0) is 10.1. The molecule has 0 aromatic carbocycles. The molecule has 0 spiro atoms. The van der Waals surface area contributed by atoms with Gasteiger partial charge in [-0.3, -0.25) is 4.79 Å². The molecule has 0 atom stereocenters. The van der Waals surface area contributed by atoms with Crippen LogP contribution in [0.25, 0.3) is 10.8 Å². The molecular formula is C8H6IN3OS. The first-order chi connectivity index (χ1) is 6.66. The van der Waals surface area contributed by atoms with E-state index in [0.717, 1.165) is 7.89 Å². The fourth-order valence-electron chi connectivity index (χ4n) is 0.973. The lowest BCUT2D eigenvalue weighted by Crippen LogP contribution is -1.90. The number of hydrogen-bond donors (Lipinski definition) is 1. The Hall–Kier alpha value is -0.760. The Labute approximate surface area is 97.9 Å². The molecule has 2 heterocycles. The molecule has 4 nitrogen and oxygen atoms in total. The number of rotatable bonds is 2. The third-order valence-corrected chi connectivity index (χ3v) is 3.37. The number of ketones is 1. The highest BCUT2D eigenvalue weighted by atomic mass is 127. The SMILES string of the molecule is CC(=O)c1cnc(-c2ncc(I)s2)[nH]1. The minimum Gasteiger partial charge on any atom is -0.334 e. The molecule has 72 valence electrons. The number of H-pyrrole nitrogens is 1. The molecule has 2 aromatic heterocycles. The molecule has 0 aliphatic heterocycles. The van der Waals surface area contributed by atoms with Crippen molar-refractivity contribution < 1.29 is 4.79 Å². The molecule has 0 saturated heterocycles. The van der Waals surface area contributed by atoms with Gasteiger partial charge in [0.15, 0.2) is 16.6 Å². The van der Waals surface area contributed by atoms with E-state index in [1.54, 1.807) is 6.20 Å². The lowest BCUT2D eigenvalue weighted by Gasteiger charge is -1.87. The third-order valence-electron chi connectivity index (χ3n) is 1.64. The van der Waals surface area contributed by atoms with Gasteiger partial charge in [0.25, 0.3) is 0 Å². The molecule has 1 N–H and O–H groups in total. The van der Waals surface area contributed by atoms with Crippen molar-refractivity contribution in [3.8, 4) is 10.8 Å². The molecule has 0 fully saturated rings. The van der Waals surface area contributed by atoms with E-state index in [-0.39, 0.29) is 5.78 Å². The van der Waals surface area contributed by atoms with Crippen LogP contribution in [-0.2, 0) is 0 Å². The largest absolute Gasteiger partial charge is 0.334 e. The summed E-state index contributed by atoms with van der Waals surface area (Å²) in [4.78, 5) is 22.2. The van der Waals surface area contributed by atoms with E-state index in [9.17, 15) is 4.79 Å². The molecule has 0 bridgehead atoms. The van der Waals surface area contributed by atoms with Gasteiger partial charge < -0.3 is 4.98 Å². The van der Waals surface area contributed by atoms with Gasteiger partial charge in [-0.15, -0.1) is 11.3 Å². The fourth-order valence-corrected chi connectivity index (χ4v) is 2.33. The Morgan fingerprint density at radius 1 is 1.50 bits per heavy atom. The number of halogens is 1. The molecule has 6 heteroatoms. The van der Waals surface area contributed by atoms with E-state index in [4.69, 9.17) is 0 Å². The number of nitrogens with zero attached hydrogens (tertiary/aromatic N) is 2. The molecule has 2 rings (SSSR count). The number of nitrogens with one attached hydrogen (secondary N) is 1. The van der Waals surface area contributed by atoms with Crippen LogP contribution in [-0.4, -0.2) is 20.7 Å². The quantitative estimate of drug-likeness (QED) is 0.683. The van der Waals surface area contributed by atoms with Crippen molar-refractivity contribution in [3.63, 3.8) is 0 Å². The molecule has 0 aliphatic rings. The zero-order valence-corrected chi connectivity index (χ0v) is 10.2. The maximum atomic E-state index is 11.0. The van der Waals surface area contributed by atoms with Crippen molar-refractivity contribution in [1.29, 1.82) is 0 Å². The zero-order valence-electron chi connectivity index (χ0n) is 7.24. The van der Waals surface area contributed by atoms with Crippen LogP contribution < -0.4 is 0 Å². The van der Waals surface area contributed by atoms with Crippen LogP contribution in [0.2, 0.25) is 0 Å². The fraction of sp³-hybridized carbons (Fsp3) is 0.125. The van der Waals surface area contributed by atoms with Crippen LogP contribution in [0, 0.1) is 2.88 Å². The second kappa shape index (κ2) is 3.77. The standard InChI is InChI=1S/C8H6IN3OS/c1-4(13)5-2-10-7(12-5)8-11-3-6(9)14-8/h2-3H,1H3,(H,10,12). The van der Waals surface area contributed by atoms with Crippen molar-refractivity contribution in [2.24, 2.45) is 0 Å². The van der Waals surface area contributed by atoms with Gasteiger partial charge in [-0.2, -0.15) is 0 Å². The number of aromatic amines is 1. The first-order valence-corrected chi connectivity index (χ1v) is 5.74. The minimum atomic E-state index is -0.0185. The van der Waals surface area contributed by atoms with Crippen molar-refractivity contribution in [2.75, 3.05) is 0 Å². The van der Waals surface area contributed by atoms with Gasteiger partial charge in [-0.1, -0.05) is 0 Å².